The molecule has 2 aromatic carbocycles. The Morgan fingerprint density at radius 1 is 0.962 bits per heavy atom. The third kappa shape index (κ3) is 4.52. The second-order valence-electron chi connectivity index (χ2n) is 6.91. The van der Waals surface area contributed by atoms with Crippen LogP contribution in [-0.4, -0.2) is 24.8 Å². The smallest absolute Gasteiger partial charge is 0.346 e. The number of carbonyl (C=O) groups is 1. The number of hydrogen-bond acceptors (Lipinski definition) is 3. The van der Waals surface area contributed by atoms with Crippen LogP contribution in [-0.2, 0) is 9.53 Å². The first-order valence-electron chi connectivity index (χ1n) is 9.67. The van der Waals surface area contributed by atoms with Crippen molar-refractivity contribution in [2.24, 2.45) is 0 Å². The van der Waals surface area contributed by atoms with Crippen molar-refractivity contribution < 1.29 is 9.53 Å². The van der Waals surface area contributed by atoms with Gasteiger partial charge >= 0.3 is 5.97 Å². The number of esters is 1. The number of carbonyl (C=O) groups excluding carboxylic acids is 1. The maximum Gasteiger partial charge on any atom is 0.346 e. The van der Waals surface area contributed by atoms with Crippen molar-refractivity contribution in [3.8, 4) is 0 Å². The molecule has 1 aliphatic rings. The summed E-state index contributed by atoms with van der Waals surface area (Å²) in [6.45, 7) is 2.30. The maximum atomic E-state index is 12.6. The fourth-order valence-corrected chi connectivity index (χ4v) is 7.61. The van der Waals surface area contributed by atoms with E-state index in [0.29, 0.717) is 18.8 Å². The molecule has 1 saturated carbocycles. The molecular weight excluding hydrogens is 341 g/mol. The molecule has 1 aliphatic carbocycles. The normalized spacial score (nSPS) is 15.6. The van der Waals surface area contributed by atoms with Crippen LogP contribution in [0.15, 0.2) is 60.7 Å². The van der Waals surface area contributed by atoms with Crippen LogP contribution in [0.25, 0.3) is 0 Å². The Bertz CT molecular complexity index is 644. The van der Waals surface area contributed by atoms with Crippen molar-refractivity contribution >= 4 is 24.0 Å². The SMILES string of the molecule is CCOC(=O)C[P+](NC1CCCCC1)(c1ccccc1)c1ccccc1. The topological polar surface area (TPSA) is 38.3 Å². The number of benzene rings is 2. The molecule has 0 spiro atoms. The first-order valence-corrected chi connectivity index (χ1v) is 11.6. The monoisotopic (exact) mass is 370 g/mol. The molecule has 3 nitrogen and oxygen atoms in total. The summed E-state index contributed by atoms with van der Waals surface area (Å²) in [5.41, 5.74) is 0. The van der Waals surface area contributed by atoms with E-state index < -0.39 is 7.41 Å². The van der Waals surface area contributed by atoms with Gasteiger partial charge in [0.2, 0.25) is 0 Å². The van der Waals surface area contributed by atoms with Gasteiger partial charge in [-0.15, -0.1) is 0 Å². The van der Waals surface area contributed by atoms with E-state index in [1.165, 1.54) is 42.7 Å². The summed E-state index contributed by atoms with van der Waals surface area (Å²) < 4.78 is 5.38. The van der Waals surface area contributed by atoms with Gasteiger partial charge in [0, 0.05) is 6.04 Å². The van der Waals surface area contributed by atoms with Crippen molar-refractivity contribution in [3.05, 3.63) is 60.7 Å². The average molecular weight is 370 g/mol. The van der Waals surface area contributed by atoms with E-state index in [0.717, 1.165) is 0 Å². The highest BCUT2D eigenvalue weighted by Crippen LogP contribution is 2.53. The van der Waals surface area contributed by atoms with E-state index in [2.05, 4.69) is 53.6 Å². The summed E-state index contributed by atoms with van der Waals surface area (Å²) in [5.74, 6) is -0.114. The minimum Gasteiger partial charge on any atom is -0.463 e. The van der Waals surface area contributed by atoms with Crippen LogP contribution in [0, 0.1) is 0 Å². The highest BCUT2D eigenvalue weighted by Gasteiger charge is 2.47. The van der Waals surface area contributed by atoms with Crippen LogP contribution in [0.4, 0.5) is 0 Å². The summed E-state index contributed by atoms with van der Waals surface area (Å²) in [4.78, 5) is 12.6. The van der Waals surface area contributed by atoms with E-state index in [4.69, 9.17) is 4.74 Å². The minimum atomic E-state index is -2.08. The molecule has 0 saturated heterocycles. The van der Waals surface area contributed by atoms with Crippen LogP contribution < -0.4 is 15.7 Å². The molecule has 0 atom stereocenters. The van der Waals surface area contributed by atoms with Gasteiger partial charge < -0.3 is 4.74 Å². The lowest BCUT2D eigenvalue weighted by atomic mass is 9.96. The lowest BCUT2D eigenvalue weighted by Gasteiger charge is -2.32. The van der Waals surface area contributed by atoms with Crippen LogP contribution in [0.5, 0.6) is 0 Å². The first kappa shape index (κ1) is 19.1. The molecule has 0 aromatic heterocycles. The van der Waals surface area contributed by atoms with Crippen molar-refractivity contribution in [2.45, 2.75) is 45.1 Å². The number of ether oxygens (including phenoxy) is 1. The van der Waals surface area contributed by atoms with E-state index in [1.54, 1.807) is 0 Å². The Hall–Kier alpha value is -1.70. The molecule has 0 amide bonds. The fourth-order valence-electron chi connectivity index (χ4n) is 3.83. The van der Waals surface area contributed by atoms with Crippen molar-refractivity contribution in [2.75, 3.05) is 12.8 Å². The highest BCUT2D eigenvalue weighted by atomic mass is 31.2. The molecule has 26 heavy (non-hydrogen) atoms. The van der Waals surface area contributed by atoms with Gasteiger partial charge in [0.15, 0.2) is 13.6 Å². The van der Waals surface area contributed by atoms with Crippen LogP contribution in [0.1, 0.15) is 39.0 Å². The van der Waals surface area contributed by atoms with Crippen molar-refractivity contribution in [1.82, 2.24) is 5.09 Å². The fraction of sp³-hybridized carbons (Fsp3) is 0.409. The zero-order chi connectivity index (χ0) is 18.2. The second-order valence-corrected chi connectivity index (χ2v) is 10.1. The van der Waals surface area contributed by atoms with E-state index in [9.17, 15) is 4.79 Å². The third-order valence-electron chi connectivity index (χ3n) is 5.07. The Kier molecular flexibility index (Phi) is 6.82. The molecule has 4 heteroatoms. The lowest BCUT2D eigenvalue weighted by Crippen LogP contribution is -2.43. The Balaban J connectivity index is 2.04. The van der Waals surface area contributed by atoms with E-state index in [1.807, 2.05) is 19.1 Å². The Morgan fingerprint density at radius 3 is 2.00 bits per heavy atom. The summed E-state index contributed by atoms with van der Waals surface area (Å²) in [6, 6.07) is 21.5. The van der Waals surface area contributed by atoms with E-state index >= 15 is 0 Å². The number of hydrogen-bond donors (Lipinski definition) is 1. The number of nitrogens with one attached hydrogen (secondary N) is 1. The predicted molar refractivity (Wildman–Crippen MR) is 111 cm³/mol. The molecule has 1 N–H and O–H groups in total. The molecule has 3 rings (SSSR count). The molecule has 0 heterocycles. The summed E-state index contributed by atoms with van der Waals surface area (Å²) >= 11 is 0. The molecule has 1 fully saturated rings. The predicted octanol–water partition coefficient (Wildman–Crippen LogP) is 4.06. The van der Waals surface area contributed by atoms with E-state index in [-0.39, 0.29) is 5.97 Å². The highest BCUT2D eigenvalue weighted by molar-refractivity contribution is 7.88. The van der Waals surface area contributed by atoms with Gasteiger partial charge in [-0.05, 0) is 44.0 Å². The average Bonchev–Trinajstić information content (AvgIpc) is 2.70. The van der Waals surface area contributed by atoms with Crippen molar-refractivity contribution in [1.29, 1.82) is 0 Å². The Labute approximate surface area is 157 Å². The van der Waals surface area contributed by atoms with Gasteiger partial charge in [0.1, 0.15) is 10.6 Å². The molecular formula is C22H29NO2P+. The zero-order valence-electron chi connectivity index (χ0n) is 15.6. The quantitative estimate of drug-likeness (QED) is 0.590. The summed E-state index contributed by atoms with van der Waals surface area (Å²) in [7, 11) is -2.08. The van der Waals surface area contributed by atoms with Gasteiger partial charge in [-0.25, -0.2) is 4.79 Å². The maximum absolute atomic E-state index is 12.6. The van der Waals surface area contributed by atoms with Crippen LogP contribution in [0.3, 0.4) is 0 Å². The van der Waals surface area contributed by atoms with Gasteiger partial charge in [0.25, 0.3) is 0 Å². The number of rotatable bonds is 7. The standard InChI is InChI=1S/C22H29NO2P/c1-2-25-22(24)18-26(20-14-8-4-9-15-20,21-16-10-5-11-17-21)23-19-12-6-3-7-13-19/h4-5,8-11,14-17,19,23H,2-3,6-7,12-13,18H2,1H3/q+1. The zero-order valence-corrected chi connectivity index (χ0v) is 16.5. The van der Waals surface area contributed by atoms with Crippen LogP contribution in [0.2, 0.25) is 0 Å². The molecule has 0 unspecified atom stereocenters. The third-order valence-corrected chi connectivity index (χ3v) is 8.97. The van der Waals surface area contributed by atoms with Gasteiger partial charge in [-0.3, -0.25) is 0 Å². The minimum absolute atomic E-state index is 0.114. The van der Waals surface area contributed by atoms with Crippen LogP contribution >= 0.6 is 7.41 Å². The van der Waals surface area contributed by atoms with Gasteiger partial charge in [0.05, 0.1) is 6.61 Å². The summed E-state index contributed by atoms with van der Waals surface area (Å²) in [6.07, 6.45) is 6.62. The summed E-state index contributed by atoms with van der Waals surface area (Å²) in [5, 5.41) is 6.46. The molecule has 0 aliphatic heterocycles. The molecule has 0 bridgehead atoms. The molecule has 0 radical (unpaired) electrons. The second kappa shape index (κ2) is 9.30. The molecule has 138 valence electrons. The first-order chi connectivity index (χ1) is 12.7. The van der Waals surface area contributed by atoms with Crippen molar-refractivity contribution in [3.63, 3.8) is 0 Å². The van der Waals surface area contributed by atoms with Gasteiger partial charge in [-0.2, -0.15) is 5.09 Å². The lowest BCUT2D eigenvalue weighted by molar-refractivity contribution is -0.139. The van der Waals surface area contributed by atoms with Gasteiger partial charge in [-0.1, -0.05) is 55.7 Å². The largest absolute Gasteiger partial charge is 0.463 e. The molecule has 2 aromatic rings. The Morgan fingerprint density at radius 2 is 1.50 bits per heavy atom.